The molecule has 0 unspecified atom stereocenters. The van der Waals surface area contributed by atoms with Crippen LogP contribution in [0.15, 0.2) is 46.9 Å². The maximum absolute atomic E-state index is 12.2. The lowest BCUT2D eigenvalue weighted by Gasteiger charge is -2.08. The molecule has 20 heavy (non-hydrogen) atoms. The van der Waals surface area contributed by atoms with Crippen LogP contribution in [0.4, 0.5) is 0 Å². The van der Waals surface area contributed by atoms with Crippen molar-refractivity contribution in [3.05, 3.63) is 69.2 Å². The lowest BCUT2D eigenvalue weighted by atomic mass is 10.1. The van der Waals surface area contributed by atoms with Gasteiger partial charge in [0.25, 0.3) is 5.91 Å². The Kier molecular flexibility index (Phi) is 4.96. The van der Waals surface area contributed by atoms with Crippen molar-refractivity contribution in [2.45, 2.75) is 26.8 Å². The number of aryl methyl sites for hydroxylation is 2. The van der Waals surface area contributed by atoms with Crippen LogP contribution in [0, 0.1) is 6.92 Å². The van der Waals surface area contributed by atoms with E-state index in [1.54, 1.807) is 0 Å². The SMILES string of the molecule is CCc1ccc(CNC(=O)c2cc(C)ccc2Br)cc1. The van der Waals surface area contributed by atoms with Crippen LogP contribution in [0.2, 0.25) is 0 Å². The molecular formula is C17H18BrNO. The summed E-state index contributed by atoms with van der Waals surface area (Å²) in [6.45, 7) is 4.65. The van der Waals surface area contributed by atoms with Crippen LogP contribution < -0.4 is 5.32 Å². The molecule has 0 aliphatic carbocycles. The molecule has 2 aromatic carbocycles. The second-order valence-electron chi connectivity index (χ2n) is 4.84. The van der Waals surface area contributed by atoms with E-state index in [0.29, 0.717) is 12.1 Å². The van der Waals surface area contributed by atoms with Crippen molar-refractivity contribution in [3.63, 3.8) is 0 Å². The molecule has 0 heterocycles. The molecule has 0 bridgehead atoms. The highest BCUT2D eigenvalue weighted by molar-refractivity contribution is 9.10. The summed E-state index contributed by atoms with van der Waals surface area (Å²) >= 11 is 3.42. The first kappa shape index (κ1) is 14.8. The van der Waals surface area contributed by atoms with Gasteiger partial charge in [-0.3, -0.25) is 4.79 Å². The zero-order chi connectivity index (χ0) is 14.5. The molecule has 1 amide bonds. The maximum atomic E-state index is 12.2. The number of benzene rings is 2. The molecule has 0 saturated carbocycles. The molecule has 0 fully saturated rings. The van der Waals surface area contributed by atoms with E-state index in [4.69, 9.17) is 0 Å². The molecular weight excluding hydrogens is 314 g/mol. The third kappa shape index (κ3) is 3.70. The fraction of sp³-hybridized carbons (Fsp3) is 0.235. The quantitative estimate of drug-likeness (QED) is 0.891. The Labute approximate surface area is 128 Å². The summed E-state index contributed by atoms with van der Waals surface area (Å²) in [5.74, 6) is -0.0554. The molecule has 0 saturated heterocycles. The molecule has 1 N–H and O–H groups in total. The first-order chi connectivity index (χ1) is 9.60. The first-order valence-corrected chi connectivity index (χ1v) is 7.51. The zero-order valence-electron chi connectivity index (χ0n) is 11.7. The minimum atomic E-state index is -0.0554. The zero-order valence-corrected chi connectivity index (χ0v) is 13.3. The fourth-order valence-electron chi connectivity index (χ4n) is 1.98. The standard InChI is InChI=1S/C17H18BrNO/c1-3-13-5-7-14(8-6-13)11-19-17(20)15-10-12(2)4-9-16(15)18/h4-10H,3,11H2,1-2H3,(H,19,20). The molecule has 0 aliphatic rings. The van der Waals surface area contributed by atoms with E-state index in [1.807, 2.05) is 25.1 Å². The van der Waals surface area contributed by atoms with Crippen LogP contribution in [0.5, 0.6) is 0 Å². The van der Waals surface area contributed by atoms with Gasteiger partial charge in [0.05, 0.1) is 5.56 Å². The number of amides is 1. The summed E-state index contributed by atoms with van der Waals surface area (Å²) in [5.41, 5.74) is 4.17. The number of carbonyl (C=O) groups excluding carboxylic acids is 1. The van der Waals surface area contributed by atoms with Gasteiger partial charge < -0.3 is 5.32 Å². The normalized spacial score (nSPS) is 10.3. The number of halogens is 1. The molecule has 2 rings (SSSR count). The Hall–Kier alpha value is -1.61. The lowest BCUT2D eigenvalue weighted by molar-refractivity contribution is 0.0950. The van der Waals surface area contributed by atoms with Crippen molar-refractivity contribution < 1.29 is 4.79 Å². The van der Waals surface area contributed by atoms with Gasteiger partial charge in [0.1, 0.15) is 0 Å². The van der Waals surface area contributed by atoms with E-state index < -0.39 is 0 Å². The van der Waals surface area contributed by atoms with Gasteiger partial charge in [-0.05, 0) is 52.5 Å². The second kappa shape index (κ2) is 6.71. The van der Waals surface area contributed by atoms with Gasteiger partial charge in [-0.25, -0.2) is 0 Å². The summed E-state index contributed by atoms with van der Waals surface area (Å²) in [6, 6.07) is 14.1. The van der Waals surface area contributed by atoms with Crippen molar-refractivity contribution in [2.75, 3.05) is 0 Å². The van der Waals surface area contributed by atoms with Crippen molar-refractivity contribution >= 4 is 21.8 Å². The lowest BCUT2D eigenvalue weighted by Crippen LogP contribution is -2.23. The molecule has 0 aliphatic heterocycles. The molecule has 0 radical (unpaired) electrons. The van der Waals surface area contributed by atoms with Crippen molar-refractivity contribution in [2.24, 2.45) is 0 Å². The molecule has 0 atom stereocenters. The van der Waals surface area contributed by atoms with Gasteiger partial charge >= 0.3 is 0 Å². The Balaban J connectivity index is 2.02. The smallest absolute Gasteiger partial charge is 0.252 e. The van der Waals surface area contributed by atoms with E-state index in [9.17, 15) is 4.79 Å². The number of carbonyl (C=O) groups is 1. The minimum absolute atomic E-state index is 0.0554. The van der Waals surface area contributed by atoms with Crippen LogP contribution in [-0.4, -0.2) is 5.91 Å². The second-order valence-corrected chi connectivity index (χ2v) is 5.69. The first-order valence-electron chi connectivity index (χ1n) is 6.72. The Morgan fingerprint density at radius 1 is 1.10 bits per heavy atom. The summed E-state index contributed by atoms with van der Waals surface area (Å²) < 4.78 is 0.821. The summed E-state index contributed by atoms with van der Waals surface area (Å²) in [7, 11) is 0. The largest absolute Gasteiger partial charge is 0.348 e. The van der Waals surface area contributed by atoms with Crippen LogP contribution in [0.1, 0.15) is 34.0 Å². The van der Waals surface area contributed by atoms with Gasteiger partial charge in [-0.2, -0.15) is 0 Å². The van der Waals surface area contributed by atoms with Crippen molar-refractivity contribution in [1.29, 1.82) is 0 Å². The minimum Gasteiger partial charge on any atom is -0.348 e. The highest BCUT2D eigenvalue weighted by atomic mass is 79.9. The molecule has 3 heteroatoms. The molecule has 2 aromatic rings. The van der Waals surface area contributed by atoms with Gasteiger partial charge in [0, 0.05) is 11.0 Å². The molecule has 0 spiro atoms. The van der Waals surface area contributed by atoms with Crippen LogP contribution in [-0.2, 0) is 13.0 Å². The van der Waals surface area contributed by atoms with E-state index in [1.165, 1.54) is 5.56 Å². The monoisotopic (exact) mass is 331 g/mol. The van der Waals surface area contributed by atoms with Gasteiger partial charge in [-0.1, -0.05) is 42.8 Å². The number of hydrogen-bond donors (Lipinski definition) is 1. The Bertz CT molecular complexity index is 605. The average Bonchev–Trinajstić information content (AvgIpc) is 2.47. The van der Waals surface area contributed by atoms with Gasteiger partial charge in [-0.15, -0.1) is 0 Å². The Morgan fingerprint density at radius 2 is 1.75 bits per heavy atom. The van der Waals surface area contributed by atoms with E-state index >= 15 is 0 Å². The Morgan fingerprint density at radius 3 is 2.40 bits per heavy atom. The topological polar surface area (TPSA) is 29.1 Å². The maximum Gasteiger partial charge on any atom is 0.252 e. The summed E-state index contributed by atoms with van der Waals surface area (Å²) in [6.07, 6.45) is 1.03. The van der Waals surface area contributed by atoms with E-state index in [0.717, 1.165) is 22.0 Å². The highest BCUT2D eigenvalue weighted by Gasteiger charge is 2.09. The molecule has 104 valence electrons. The number of nitrogens with one attached hydrogen (secondary N) is 1. The predicted molar refractivity (Wildman–Crippen MR) is 85.9 cm³/mol. The van der Waals surface area contributed by atoms with Gasteiger partial charge in [0.2, 0.25) is 0 Å². The number of hydrogen-bond acceptors (Lipinski definition) is 1. The molecule has 0 aromatic heterocycles. The van der Waals surface area contributed by atoms with Crippen LogP contribution in [0.3, 0.4) is 0 Å². The van der Waals surface area contributed by atoms with Gasteiger partial charge in [0.15, 0.2) is 0 Å². The average molecular weight is 332 g/mol. The predicted octanol–water partition coefficient (Wildman–Crippen LogP) is 4.25. The third-order valence-electron chi connectivity index (χ3n) is 3.25. The fourth-order valence-corrected chi connectivity index (χ4v) is 2.41. The van der Waals surface area contributed by atoms with Crippen LogP contribution >= 0.6 is 15.9 Å². The molecule has 2 nitrogen and oxygen atoms in total. The summed E-state index contributed by atoms with van der Waals surface area (Å²) in [5, 5.41) is 2.95. The van der Waals surface area contributed by atoms with Crippen molar-refractivity contribution in [1.82, 2.24) is 5.32 Å². The van der Waals surface area contributed by atoms with Crippen molar-refractivity contribution in [3.8, 4) is 0 Å². The van der Waals surface area contributed by atoms with E-state index in [2.05, 4.69) is 52.4 Å². The van der Waals surface area contributed by atoms with E-state index in [-0.39, 0.29) is 5.91 Å². The van der Waals surface area contributed by atoms with Crippen LogP contribution in [0.25, 0.3) is 0 Å². The highest BCUT2D eigenvalue weighted by Crippen LogP contribution is 2.18. The summed E-state index contributed by atoms with van der Waals surface area (Å²) in [4.78, 5) is 12.2. The number of rotatable bonds is 4. The third-order valence-corrected chi connectivity index (χ3v) is 3.94.